The van der Waals surface area contributed by atoms with Gasteiger partial charge in [0.15, 0.2) is 0 Å². The maximum atomic E-state index is 6.96. The molecule has 1 saturated carbocycles. The highest BCUT2D eigenvalue weighted by Gasteiger charge is 2.24. The van der Waals surface area contributed by atoms with Crippen molar-refractivity contribution in [2.24, 2.45) is 10.8 Å². The van der Waals surface area contributed by atoms with Crippen molar-refractivity contribution in [3.05, 3.63) is 35.4 Å². The van der Waals surface area contributed by atoms with Crippen molar-refractivity contribution in [3.63, 3.8) is 0 Å². The molecule has 4 N–H and O–H groups in total. The fourth-order valence-electron chi connectivity index (χ4n) is 1.57. The minimum Gasteiger partial charge on any atom is -0.369 e. The normalized spacial score (nSPS) is 15.5. The molecule has 1 aromatic rings. The van der Waals surface area contributed by atoms with E-state index in [1.807, 2.05) is 18.2 Å². The Labute approximate surface area is 88.7 Å². The molecule has 0 atom stereocenters. The smallest absolute Gasteiger partial charge is 0.206 e. The van der Waals surface area contributed by atoms with E-state index >= 15 is 0 Å². The predicted molar refractivity (Wildman–Crippen MR) is 61.1 cm³/mol. The number of nitrogens with one attached hydrogen (secondary N) is 2. The number of nitrogens with two attached hydrogens (primary N) is 1. The first-order valence-corrected chi connectivity index (χ1v) is 4.99. The van der Waals surface area contributed by atoms with Crippen LogP contribution in [0, 0.1) is 5.41 Å². The largest absolute Gasteiger partial charge is 0.369 e. The average Bonchev–Trinajstić information content (AvgIpc) is 3.01. The molecule has 1 aliphatic carbocycles. The van der Waals surface area contributed by atoms with E-state index in [9.17, 15) is 0 Å². The molecule has 0 aromatic heterocycles. The monoisotopic (exact) mass is 202 g/mol. The number of rotatable bonds is 3. The first kappa shape index (κ1) is 9.71. The van der Waals surface area contributed by atoms with Gasteiger partial charge in [-0.25, -0.2) is 5.43 Å². The summed E-state index contributed by atoms with van der Waals surface area (Å²) in [6.07, 6.45) is 4.25. The van der Waals surface area contributed by atoms with Crippen LogP contribution in [-0.2, 0) is 0 Å². The van der Waals surface area contributed by atoms with Gasteiger partial charge in [-0.2, -0.15) is 5.10 Å². The first-order chi connectivity index (χ1) is 7.27. The second-order valence-corrected chi connectivity index (χ2v) is 3.69. The molecule has 1 aliphatic rings. The summed E-state index contributed by atoms with van der Waals surface area (Å²) in [5.74, 6) is 0.556. The van der Waals surface area contributed by atoms with Gasteiger partial charge in [-0.05, 0) is 29.9 Å². The van der Waals surface area contributed by atoms with Gasteiger partial charge in [0.1, 0.15) is 0 Å². The number of hydrogen-bond acceptors (Lipinski definition) is 2. The Morgan fingerprint density at radius 3 is 2.87 bits per heavy atom. The van der Waals surface area contributed by atoms with E-state index < -0.39 is 0 Å². The Morgan fingerprint density at radius 1 is 1.47 bits per heavy atom. The fourth-order valence-corrected chi connectivity index (χ4v) is 1.57. The number of benzene rings is 1. The summed E-state index contributed by atoms with van der Waals surface area (Å²) in [5.41, 5.74) is 9.98. The summed E-state index contributed by atoms with van der Waals surface area (Å²) < 4.78 is 0. The van der Waals surface area contributed by atoms with Crippen LogP contribution < -0.4 is 11.2 Å². The van der Waals surface area contributed by atoms with Gasteiger partial charge < -0.3 is 5.73 Å². The van der Waals surface area contributed by atoms with Gasteiger partial charge in [-0.15, -0.1) is 0 Å². The van der Waals surface area contributed by atoms with Gasteiger partial charge in [0, 0.05) is 0 Å². The highest BCUT2D eigenvalue weighted by Crippen LogP contribution is 2.41. The zero-order valence-electron chi connectivity index (χ0n) is 8.40. The molecule has 0 radical (unpaired) electrons. The molecule has 1 fully saturated rings. The van der Waals surface area contributed by atoms with Crippen molar-refractivity contribution in [1.29, 1.82) is 5.41 Å². The van der Waals surface area contributed by atoms with Gasteiger partial charge in [0.2, 0.25) is 5.96 Å². The van der Waals surface area contributed by atoms with Crippen LogP contribution in [0.4, 0.5) is 0 Å². The highest BCUT2D eigenvalue weighted by molar-refractivity contribution is 5.84. The van der Waals surface area contributed by atoms with Gasteiger partial charge in [0.25, 0.3) is 0 Å². The molecule has 0 aliphatic heterocycles. The third-order valence-electron chi connectivity index (χ3n) is 2.40. The van der Waals surface area contributed by atoms with Crippen LogP contribution in [0.5, 0.6) is 0 Å². The second kappa shape index (κ2) is 4.13. The SMILES string of the molecule is N=C(N)N/N=C\c1ccccc1C1CC1. The summed E-state index contributed by atoms with van der Waals surface area (Å²) in [6, 6.07) is 8.19. The van der Waals surface area contributed by atoms with Crippen molar-refractivity contribution >= 4 is 12.2 Å². The third kappa shape index (κ3) is 2.56. The van der Waals surface area contributed by atoms with Crippen LogP contribution in [0.15, 0.2) is 29.4 Å². The summed E-state index contributed by atoms with van der Waals surface area (Å²) in [4.78, 5) is 0. The highest BCUT2D eigenvalue weighted by atomic mass is 15.3. The van der Waals surface area contributed by atoms with Crippen LogP contribution in [0.3, 0.4) is 0 Å². The van der Waals surface area contributed by atoms with E-state index in [4.69, 9.17) is 11.1 Å². The topological polar surface area (TPSA) is 74.3 Å². The van der Waals surface area contributed by atoms with Crippen molar-refractivity contribution in [3.8, 4) is 0 Å². The molecular weight excluding hydrogens is 188 g/mol. The summed E-state index contributed by atoms with van der Waals surface area (Å²) in [7, 11) is 0. The minimum absolute atomic E-state index is 0.143. The molecular formula is C11H14N4. The standard InChI is InChI=1S/C11H14N4/c12-11(13)15-14-7-9-3-1-2-4-10(9)8-5-6-8/h1-4,7-8H,5-6H2,(H4,12,13,15)/b14-7-. The number of nitrogens with zero attached hydrogens (tertiary/aromatic N) is 1. The summed E-state index contributed by atoms with van der Waals surface area (Å²) >= 11 is 0. The Bertz CT molecular complexity index is 393. The van der Waals surface area contributed by atoms with Crippen molar-refractivity contribution < 1.29 is 0 Å². The minimum atomic E-state index is -0.143. The van der Waals surface area contributed by atoms with Crippen molar-refractivity contribution in [1.82, 2.24) is 5.43 Å². The molecule has 78 valence electrons. The van der Waals surface area contributed by atoms with Crippen LogP contribution in [0.2, 0.25) is 0 Å². The van der Waals surface area contributed by atoms with Gasteiger partial charge in [-0.1, -0.05) is 24.3 Å². The lowest BCUT2D eigenvalue weighted by Gasteiger charge is -2.02. The van der Waals surface area contributed by atoms with Gasteiger partial charge in [-0.3, -0.25) is 5.41 Å². The van der Waals surface area contributed by atoms with E-state index in [0.29, 0.717) is 5.92 Å². The molecule has 1 aromatic carbocycles. The quantitative estimate of drug-likeness (QED) is 0.393. The number of hydrazone groups is 1. The Kier molecular flexibility index (Phi) is 2.67. The molecule has 0 heterocycles. The molecule has 15 heavy (non-hydrogen) atoms. The maximum Gasteiger partial charge on any atom is 0.206 e. The number of guanidine groups is 1. The van der Waals surface area contributed by atoms with E-state index in [2.05, 4.69) is 16.6 Å². The molecule has 0 bridgehead atoms. The summed E-state index contributed by atoms with van der Waals surface area (Å²) in [5, 5.41) is 10.9. The predicted octanol–water partition coefficient (Wildman–Crippen LogP) is 1.38. The lowest BCUT2D eigenvalue weighted by molar-refractivity contribution is 1.000. The summed E-state index contributed by atoms with van der Waals surface area (Å²) in [6.45, 7) is 0. The van der Waals surface area contributed by atoms with Crippen LogP contribution in [-0.4, -0.2) is 12.2 Å². The fraction of sp³-hybridized carbons (Fsp3) is 0.273. The van der Waals surface area contributed by atoms with Crippen LogP contribution >= 0.6 is 0 Å². The lowest BCUT2D eigenvalue weighted by Crippen LogP contribution is -2.25. The van der Waals surface area contributed by atoms with Crippen molar-refractivity contribution in [2.75, 3.05) is 0 Å². The lowest BCUT2D eigenvalue weighted by atomic mass is 10.0. The van der Waals surface area contributed by atoms with Gasteiger partial charge in [0.05, 0.1) is 6.21 Å². The zero-order valence-corrected chi connectivity index (χ0v) is 8.40. The second-order valence-electron chi connectivity index (χ2n) is 3.69. The zero-order chi connectivity index (χ0) is 10.7. The van der Waals surface area contributed by atoms with Crippen LogP contribution in [0.1, 0.15) is 29.9 Å². The Balaban J connectivity index is 2.12. The average molecular weight is 202 g/mol. The third-order valence-corrected chi connectivity index (χ3v) is 2.40. The Morgan fingerprint density at radius 2 is 2.20 bits per heavy atom. The van der Waals surface area contributed by atoms with E-state index in [-0.39, 0.29) is 5.96 Å². The molecule has 4 heteroatoms. The van der Waals surface area contributed by atoms with E-state index in [1.165, 1.54) is 18.4 Å². The molecule has 4 nitrogen and oxygen atoms in total. The molecule has 0 saturated heterocycles. The molecule has 0 spiro atoms. The number of hydrogen-bond donors (Lipinski definition) is 3. The Hall–Kier alpha value is -1.84. The van der Waals surface area contributed by atoms with Crippen LogP contribution in [0.25, 0.3) is 0 Å². The maximum absolute atomic E-state index is 6.96. The molecule has 2 rings (SSSR count). The van der Waals surface area contributed by atoms with E-state index in [1.54, 1.807) is 6.21 Å². The van der Waals surface area contributed by atoms with Crippen molar-refractivity contribution in [2.45, 2.75) is 18.8 Å². The molecule has 0 amide bonds. The van der Waals surface area contributed by atoms with Gasteiger partial charge >= 0.3 is 0 Å². The molecule has 0 unspecified atom stereocenters. The first-order valence-electron chi connectivity index (χ1n) is 4.99. The van der Waals surface area contributed by atoms with E-state index in [0.717, 1.165) is 5.56 Å².